The van der Waals surface area contributed by atoms with Crippen LogP contribution in [0.4, 0.5) is 11.6 Å². The number of aromatic nitrogens is 4. The van der Waals surface area contributed by atoms with E-state index in [-0.39, 0.29) is 11.5 Å². The molecule has 8 rings (SSSR count). The van der Waals surface area contributed by atoms with E-state index < -0.39 is 5.97 Å². The summed E-state index contributed by atoms with van der Waals surface area (Å²) in [5.74, 6) is 0.408. The lowest BCUT2D eigenvalue weighted by Gasteiger charge is -2.25. The summed E-state index contributed by atoms with van der Waals surface area (Å²) < 4.78 is 4.83. The van der Waals surface area contributed by atoms with Crippen LogP contribution >= 0.6 is 0 Å². The van der Waals surface area contributed by atoms with Crippen LogP contribution < -0.4 is 9.80 Å². The number of ether oxygens (including phenoxy) is 1. The number of anilines is 2. The second-order valence-corrected chi connectivity index (χ2v) is 13.1. The van der Waals surface area contributed by atoms with Crippen molar-refractivity contribution in [3.63, 3.8) is 0 Å². The summed E-state index contributed by atoms with van der Waals surface area (Å²) >= 11 is 0. The Morgan fingerprint density at radius 1 is 0.623 bits per heavy atom. The van der Waals surface area contributed by atoms with Gasteiger partial charge in [-0.3, -0.25) is 0 Å². The van der Waals surface area contributed by atoms with Crippen LogP contribution in [0.2, 0.25) is 0 Å². The van der Waals surface area contributed by atoms with Crippen LogP contribution in [0.3, 0.4) is 0 Å². The molecule has 0 unspecified atom stereocenters. The standard InChI is InChI=1S/C21H21N3O2.C20H19N3O2.CH4O/c1-14-7-6-12-24(14)20-19(15-8-4-3-5-9-15)22-17-11-10-16(21(25)26-2)13-18(17)23-20;1-13-6-5-11-23(13)19-18(14-7-3-2-4-8-14)21-16-10-9-15(20(24)25)12-17(16)22-19;1-2/h3-5,8-11,13-14H,6-7,12H2,1-2H3;2-4,7-10,12-13H,5-6,11H2,1H3,(H,24,25);2H,1H3/t14-;13-;/m00./s1. The number of carboxylic acids is 1. The van der Waals surface area contributed by atoms with Crippen LogP contribution in [0.5, 0.6) is 0 Å². The molecule has 0 amide bonds. The van der Waals surface area contributed by atoms with Crippen molar-refractivity contribution in [2.45, 2.75) is 51.6 Å². The lowest BCUT2D eigenvalue weighted by molar-refractivity contribution is 0.0600. The Morgan fingerprint density at radius 2 is 1.06 bits per heavy atom. The van der Waals surface area contributed by atoms with Crippen LogP contribution in [0, 0.1) is 0 Å². The van der Waals surface area contributed by atoms with Crippen molar-refractivity contribution in [3.05, 3.63) is 108 Å². The topological polar surface area (TPSA) is 142 Å². The van der Waals surface area contributed by atoms with Gasteiger partial charge >= 0.3 is 11.9 Å². The zero-order valence-electron chi connectivity index (χ0n) is 30.4. The molecular formula is C42H44N6O5. The molecule has 11 heteroatoms. The van der Waals surface area contributed by atoms with Crippen LogP contribution in [0.1, 0.15) is 60.2 Å². The van der Waals surface area contributed by atoms with E-state index in [2.05, 4.69) is 35.8 Å². The summed E-state index contributed by atoms with van der Waals surface area (Å²) in [6, 6.07) is 31.2. The van der Waals surface area contributed by atoms with Crippen LogP contribution in [-0.2, 0) is 4.74 Å². The van der Waals surface area contributed by atoms with Gasteiger partial charge in [-0.1, -0.05) is 60.7 Å². The molecule has 4 aromatic carbocycles. The van der Waals surface area contributed by atoms with Crippen molar-refractivity contribution >= 4 is 45.6 Å². The quantitative estimate of drug-likeness (QED) is 0.164. The number of aliphatic hydroxyl groups excluding tert-OH is 1. The van der Waals surface area contributed by atoms with Crippen molar-refractivity contribution in [3.8, 4) is 22.5 Å². The molecule has 0 saturated carbocycles. The van der Waals surface area contributed by atoms with Crippen molar-refractivity contribution < 1.29 is 24.5 Å². The summed E-state index contributed by atoms with van der Waals surface area (Å²) in [7, 11) is 2.38. The summed E-state index contributed by atoms with van der Waals surface area (Å²) in [5.41, 5.74) is 7.34. The summed E-state index contributed by atoms with van der Waals surface area (Å²) in [5, 5.41) is 16.2. The molecule has 2 N–H and O–H groups in total. The molecule has 0 spiro atoms. The minimum Gasteiger partial charge on any atom is -0.478 e. The Labute approximate surface area is 308 Å². The second kappa shape index (κ2) is 16.6. The first-order chi connectivity index (χ1) is 25.8. The third kappa shape index (κ3) is 7.95. The van der Waals surface area contributed by atoms with Gasteiger partial charge in [0.05, 0.1) is 40.3 Å². The number of hydrogen-bond donors (Lipinski definition) is 2. The van der Waals surface area contributed by atoms with Crippen LogP contribution in [0.25, 0.3) is 44.6 Å². The van der Waals surface area contributed by atoms with Gasteiger partial charge < -0.3 is 24.7 Å². The monoisotopic (exact) mass is 712 g/mol. The fourth-order valence-electron chi connectivity index (χ4n) is 6.94. The van der Waals surface area contributed by atoms with E-state index in [4.69, 9.17) is 29.8 Å². The third-order valence-electron chi connectivity index (χ3n) is 9.70. The number of aliphatic hydroxyl groups is 1. The third-order valence-corrected chi connectivity index (χ3v) is 9.70. The van der Waals surface area contributed by atoms with E-state index in [1.165, 1.54) is 7.11 Å². The summed E-state index contributed by atoms with van der Waals surface area (Å²) in [6.45, 7) is 6.33. The molecule has 2 saturated heterocycles. The van der Waals surface area contributed by atoms with Crippen molar-refractivity contribution in [1.29, 1.82) is 0 Å². The number of rotatable bonds is 6. The number of esters is 1. The van der Waals surface area contributed by atoms with Gasteiger partial charge in [0, 0.05) is 43.4 Å². The number of nitrogens with zero attached hydrogens (tertiary/aromatic N) is 6. The maximum Gasteiger partial charge on any atom is 0.337 e. The Balaban J connectivity index is 0.000000173. The molecule has 0 aliphatic carbocycles. The summed E-state index contributed by atoms with van der Waals surface area (Å²) in [4.78, 5) is 47.2. The first-order valence-corrected chi connectivity index (χ1v) is 17.8. The molecule has 272 valence electrons. The van der Waals surface area contributed by atoms with E-state index in [9.17, 15) is 14.7 Å². The minimum absolute atomic E-state index is 0.231. The molecule has 2 aliphatic rings. The first-order valence-electron chi connectivity index (χ1n) is 17.8. The number of hydrogen-bond acceptors (Lipinski definition) is 10. The number of aromatic carboxylic acids is 1. The molecule has 53 heavy (non-hydrogen) atoms. The molecule has 2 aromatic heterocycles. The number of methoxy groups -OCH3 is 1. The number of carboxylic acid groups (broad SMARTS) is 1. The lowest BCUT2D eigenvalue weighted by Crippen LogP contribution is -2.28. The lowest BCUT2D eigenvalue weighted by atomic mass is 10.1. The van der Waals surface area contributed by atoms with Gasteiger partial charge in [-0.15, -0.1) is 0 Å². The van der Waals surface area contributed by atoms with E-state index >= 15 is 0 Å². The Bertz CT molecular complexity index is 2220. The van der Waals surface area contributed by atoms with Gasteiger partial charge in [-0.25, -0.2) is 29.5 Å². The van der Waals surface area contributed by atoms with Crippen LogP contribution in [-0.4, -0.2) is 81.5 Å². The largest absolute Gasteiger partial charge is 0.478 e. The molecule has 2 atom stereocenters. The fourth-order valence-corrected chi connectivity index (χ4v) is 6.94. The molecule has 0 radical (unpaired) electrons. The number of benzene rings is 4. The minimum atomic E-state index is -0.952. The number of carbonyl (C=O) groups is 2. The fraction of sp³-hybridized carbons (Fsp3) is 0.286. The molecule has 4 heterocycles. The zero-order chi connectivity index (χ0) is 37.5. The van der Waals surface area contributed by atoms with E-state index in [0.717, 1.165) is 85.5 Å². The van der Waals surface area contributed by atoms with Gasteiger partial charge in [-0.2, -0.15) is 0 Å². The Morgan fingerprint density at radius 3 is 1.45 bits per heavy atom. The predicted molar refractivity (Wildman–Crippen MR) is 208 cm³/mol. The van der Waals surface area contributed by atoms with Crippen molar-refractivity contribution in [2.24, 2.45) is 0 Å². The Hall–Kier alpha value is -5.94. The highest BCUT2D eigenvalue weighted by molar-refractivity contribution is 5.95. The molecule has 0 bridgehead atoms. The van der Waals surface area contributed by atoms with E-state index in [1.54, 1.807) is 30.3 Å². The Kier molecular flexibility index (Phi) is 11.5. The highest BCUT2D eigenvalue weighted by Crippen LogP contribution is 2.35. The average molecular weight is 713 g/mol. The van der Waals surface area contributed by atoms with Crippen LogP contribution in [0.15, 0.2) is 97.1 Å². The zero-order valence-corrected chi connectivity index (χ0v) is 30.4. The highest BCUT2D eigenvalue weighted by atomic mass is 16.5. The van der Waals surface area contributed by atoms with E-state index in [1.807, 2.05) is 54.6 Å². The average Bonchev–Trinajstić information content (AvgIpc) is 3.85. The smallest absolute Gasteiger partial charge is 0.337 e. The number of carbonyl (C=O) groups excluding carboxylic acids is 1. The SMILES string of the molecule is CO.COC(=O)c1ccc2nc(-c3ccccc3)c(N3CCC[C@@H]3C)nc2c1.C[C@H]1CCCN1c1nc2cc(C(=O)O)ccc2nc1-c1ccccc1. The van der Waals surface area contributed by atoms with Gasteiger partial charge in [0.2, 0.25) is 0 Å². The number of fused-ring (bicyclic) bond motifs is 2. The molecule has 2 aliphatic heterocycles. The van der Waals surface area contributed by atoms with Gasteiger partial charge in [0.25, 0.3) is 0 Å². The highest BCUT2D eigenvalue weighted by Gasteiger charge is 2.27. The predicted octanol–water partition coefficient (Wildman–Crippen LogP) is 7.66. The molecular weight excluding hydrogens is 668 g/mol. The molecule has 11 nitrogen and oxygen atoms in total. The van der Waals surface area contributed by atoms with Gasteiger partial charge in [0.1, 0.15) is 11.4 Å². The second-order valence-electron chi connectivity index (χ2n) is 13.1. The van der Waals surface area contributed by atoms with Gasteiger partial charge in [-0.05, 0) is 75.9 Å². The maximum absolute atomic E-state index is 11.9. The van der Waals surface area contributed by atoms with Crippen molar-refractivity contribution in [1.82, 2.24) is 19.9 Å². The molecule has 6 aromatic rings. The van der Waals surface area contributed by atoms with Crippen molar-refractivity contribution in [2.75, 3.05) is 37.1 Å². The first kappa shape index (κ1) is 36.8. The molecule has 2 fully saturated rings. The maximum atomic E-state index is 11.9. The van der Waals surface area contributed by atoms with Gasteiger partial charge in [0.15, 0.2) is 11.6 Å². The normalized spacial score (nSPS) is 16.5. The summed E-state index contributed by atoms with van der Waals surface area (Å²) in [6.07, 6.45) is 4.56. The van der Waals surface area contributed by atoms with E-state index in [0.29, 0.717) is 34.2 Å².